The maximum absolute atomic E-state index is 13.9. The second-order valence-corrected chi connectivity index (χ2v) is 6.34. The van der Waals surface area contributed by atoms with Gasteiger partial charge in [0, 0.05) is 16.0 Å². The Morgan fingerprint density at radius 3 is 3.05 bits per heavy atom. The average molecular weight is 318 g/mol. The van der Waals surface area contributed by atoms with Gasteiger partial charge in [-0.25, -0.2) is 9.82 Å². The van der Waals surface area contributed by atoms with Crippen molar-refractivity contribution in [1.29, 1.82) is 0 Å². The second-order valence-electron chi connectivity index (χ2n) is 5.31. The predicted molar refractivity (Wildman–Crippen MR) is 83.8 cm³/mol. The SMILES string of the molecule is C[C@@H]1C/C(=N\NC(=O)Cc2cccs2)c2c(O)ccc(F)c21. The minimum absolute atomic E-state index is 0.00740. The number of rotatable bonds is 3. The standard InChI is InChI=1S/C16H15FN2O2S/c1-9-7-12(16-13(20)5-4-11(17)15(9)16)18-19-14(21)8-10-3-2-6-22-10/h2-6,9,20H,7-8H2,1H3,(H,19,21)/b18-12+/t9-/m1/s1. The molecular weight excluding hydrogens is 303 g/mol. The lowest BCUT2D eigenvalue weighted by Gasteiger charge is -2.06. The number of carbonyl (C=O) groups is 1. The zero-order valence-electron chi connectivity index (χ0n) is 12.0. The summed E-state index contributed by atoms with van der Waals surface area (Å²) in [5.41, 5.74) is 3.88. The molecule has 1 amide bonds. The fourth-order valence-corrected chi connectivity index (χ4v) is 3.41. The van der Waals surface area contributed by atoms with Crippen LogP contribution in [0.15, 0.2) is 34.7 Å². The second kappa shape index (κ2) is 5.88. The molecule has 1 aromatic heterocycles. The lowest BCUT2D eigenvalue weighted by Crippen LogP contribution is -2.21. The number of aromatic hydroxyl groups is 1. The fraction of sp³-hybridized carbons (Fsp3) is 0.250. The molecule has 0 bridgehead atoms. The van der Waals surface area contributed by atoms with E-state index in [9.17, 15) is 14.3 Å². The number of phenols is 1. The van der Waals surface area contributed by atoms with Crippen molar-refractivity contribution in [3.63, 3.8) is 0 Å². The van der Waals surface area contributed by atoms with Gasteiger partial charge in [0.2, 0.25) is 5.91 Å². The summed E-state index contributed by atoms with van der Waals surface area (Å²) in [6.07, 6.45) is 0.745. The number of hydrogen-bond donors (Lipinski definition) is 2. The van der Waals surface area contributed by atoms with E-state index in [4.69, 9.17) is 0 Å². The molecule has 2 aromatic rings. The van der Waals surface area contributed by atoms with E-state index in [0.717, 1.165) is 4.88 Å². The molecule has 3 rings (SSSR count). The van der Waals surface area contributed by atoms with Crippen molar-refractivity contribution < 1.29 is 14.3 Å². The van der Waals surface area contributed by atoms with Gasteiger partial charge in [-0.3, -0.25) is 4.79 Å². The Morgan fingerprint density at radius 1 is 1.50 bits per heavy atom. The Balaban J connectivity index is 1.80. The van der Waals surface area contributed by atoms with Crippen LogP contribution in [0, 0.1) is 5.82 Å². The molecule has 1 aromatic carbocycles. The van der Waals surface area contributed by atoms with Crippen molar-refractivity contribution in [2.45, 2.75) is 25.7 Å². The minimum Gasteiger partial charge on any atom is -0.507 e. The predicted octanol–water partition coefficient (Wildman–Crippen LogP) is 3.16. The van der Waals surface area contributed by atoms with E-state index in [1.165, 1.54) is 23.5 Å². The largest absolute Gasteiger partial charge is 0.507 e. The molecule has 0 saturated heterocycles. The van der Waals surface area contributed by atoms with Crippen LogP contribution < -0.4 is 5.43 Å². The van der Waals surface area contributed by atoms with Crippen LogP contribution in [0.4, 0.5) is 4.39 Å². The molecule has 0 unspecified atom stereocenters. The van der Waals surface area contributed by atoms with Crippen LogP contribution in [0.3, 0.4) is 0 Å². The van der Waals surface area contributed by atoms with Crippen LogP contribution in [-0.4, -0.2) is 16.7 Å². The number of thiophene rings is 1. The number of carbonyl (C=O) groups excluding carboxylic acids is 1. The summed E-state index contributed by atoms with van der Waals surface area (Å²) < 4.78 is 13.9. The third-order valence-electron chi connectivity index (χ3n) is 3.68. The lowest BCUT2D eigenvalue weighted by atomic mass is 10.0. The first-order valence-electron chi connectivity index (χ1n) is 6.95. The van der Waals surface area contributed by atoms with E-state index in [0.29, 0.717) is 23.3 Å². The van der Waals surface area contributed by atoms with Crippen molar-refractivity contribution in [3.8, 4) is 5.75 Å². The third-order valence-corrected chi connectivity index (χ3v) is 4.56. The molecule has 2 N–H and O–H groups in total. The molecule has 1 aliphatic carbocycles. The summed E-state index contributed by atoms with van der Waals surface area (Å²) >= 11 is 1.50. The molecule has 0 spiro atoms. The number of hydrogen-bond acceptors (Lipinski definition) is 4. The van der Waals surface area contributed by atoms with Crippen molar-refractivity contribution in [2.75, 3.05) is 0 Å². The van der Waals surface area contributed by atoms with Gasteiger partial charge in [-0.2, -0.15) is 5.10 Å². The summed E-state index contributed by atoms with van der Waals surface area (Å²) in [5, 5.41) is 16.0. The molecule has 1 aliphatic rings. The smallest absolute Gasteiger partial charge is 0.245 e. The topological polar surface area (TPSA) is 61.7 Å². The number of benzene rings is 1. The first kappa shape index (κ1) is 14.7. The summed E-state index contributed by atoms with van der Waals surface area (Å²) in [4.78, 5) is 12.8. The van der Waals surface area contributed by atoms with E-state index < -0.39 is 0 Å². The summed E-state index contributed by atoms with van der Waals surface area (Å²) in [6.45, 7) is 1.87. The number of fused-ring (bicyclic) bond motifs is 1. The van der Waals surface area contributed by atoms with Gasteiger partial charge < -0.3 is 5.11 Å². The highest BCUT2D eigenvalue weighted by Gasteiger charge is 2.30. The fourth-order valence-electron chi connectivity index (χ4n) is 2.70. The van der Waals surface area contributed by atoms with Gasteiger partial charge in [-0.1, -0.05) is 13.0 Å². The Morgan fingerprint density at radius 2 is 2.32 bits per heavy atom. The number of amides is 1. The molecule has 0 fully saturated rings. The van der Waals surface area contributed by atoms with Gasteiger partial charge in [-0.15, -0.1) is 11.3 Å². The zero-order chi connectivity index (χ0) is 15.7. The van der Waals surface area contributed by atoms with Crippen LogP contribution in [0.1, 0.15) is 35.3 Å². The Bertz CT molecular complexity index is 741. The van der Waals surface area contributed by atoms with Crippen LogP contribution >= 0.6 is 11.3 Å². The first-order chi connectivity index (χ1) is 10.6. The van der Waals surface area contributed by atoms with E-state index in [2.05, 4.69) is 10.5 Å². The Labute approximate surface area is 131 Å². The maximum Gasteiger partial charge on any atom is 0.245 e. The number of hydrazone groups is 1. The number of nitrogens with one attached hydrogen (secondary N) is 1. The molecule has 114 valence electrons. The van der Waals surface area contributed by atoms with Crippen LogP contribution in [0.5, 0.6) is 5.75 Å². The molecule has 0 saturated carbocycles. The Hall–Kier alpha value is -2.21. The third kappa shape index (κ3) is 2.74. The average Bonchev–Trinajstić information content (AvgIpc) is 3.09. The van der Waals surface area contributed by atoms with E-state index in [1.54, 1.807) is 0 Å². The minimum atomic E-state index is -0.351. The molecule has 0 radical (unpaired) electrons. The molecule has 22 heavy (non-hydrogen) atoms. The summed E-state index contributed by atoms with van der Waals surface area (Å²) in [5.74, 6) is -0.663. The first-order valence-corrected chi connectivity index (χ1v) is 7.83. The van der Waals surface area contributed by atoms with Crippen LogP contribution in [-0.2, 0) is 11.2 Å². The van der Waals surface area contributed by atoms with Gasteiger partial charge in [0.25, 0.3) is 0 Å². The van der Waals surface area contributed by atoms with Gasteiger partial charge >= 0.3 is 0 Å². The quantitative estimate of drug-likeness (QED) is 0.854. The normalized spacial score (nSPS) is 18.5. The van der Waals surface area contributed by atoms with Gasteiger partial charge in [0.15, 0.2) is 0 Å². The van der Waals surface area contributed by atoms with Crippen molar-refractivity contribution >= 4 is 23.0 Å². The number of nitrogens with zero attached hydrogens (tertiary/aromatic N) is 1. The zero-order valence-corrected chi connectivity index (χ0v) is 12.8. The van der Waals surface area contributed by atoms with Gasteiger partial charge in [-0.05, 0) is 35.9 Å². The van der Waals surface area contributed by atoms with Crippen molar-refractivity contribution in [1.82, 2.24) is 5.43 Å². The summed E-state index contributed by atoms with van der Waals surface area (Å²) in [7, 11) is 0. The van der Waals surface area contributed by atoms with Crippen molar-refractivity contribution in [2.24, 2.45) is 5.10 Å². The highest BCUT2D eigenvalue weighted by Crippen LogP contribution is 2.39. The molecule has 1 heterocycles. The molecule has 0 aliphatic heterocycles. The van der Waals surface area contributed by atoms with E-state index >= 15 is 0 Å². The lowest BCUT2D eigenvalue weighted by molar-refractivity contribution is -0.120. The number of halogens is 1. The van der Waals surface area contributed by atoms with Gasteiger partial charge in [0.1, 0.15) is 11.6 Å². The van der Waals surface area contributed by atoms with E-state index in [-0.39, 0.29) is 29.8 Å². The molecule has 4 nitrogen and oxygen atoms in total. The molecule has 1 atom stereocenters. The van der Waals surface area contributed by atoms with Crippen molar-refractivity contribution in [3.05, 3.63) is 51.5 Å². The highest BCUT2D eigenvalue weighted by molar-refractivity contribution is 7.10. The molecular formula is C16H15FN2O2S. The van der Waals surface area contributed by atoms with Gasteiger partial charge in [0.05, 0.1) is 12.1 Å². The van der Waals surface area contributed by atoms with E-state index in [1.807, 2.05) is 24.4 Å². The number of phenolic OH excluding ortho intramolecular Hbond substituents is 1. The molecule has 6 heteroatoms. The summed E-state index contributed by atoms with van der Waals surface area (Å²) in [6, 6.07) is 6.33. The van der Waals surface area contributed by atoms with Crippen LogP contribution in [0.25, 0.3) is 0 Å². The highest BCUT2D eigenvalue weighted by atomic mass is 32.1. The Kier molecular flexibility index (Phi) is 3.94. The monoisotopic (exact) mass is 318 g/mol. The van der Waals surface area contributed by atoms with Crippen LogP contribution in [0.2, 0.25) is 0 Å². The maximum atomic E-state index is 13.9.